The lowest BCUT2D eigenvalue weighted by molar-refractivity contribution is -0.00579. The molecular weight excluding hydrogens is 240 g/mol. The predicted molar refractivity (Wildman–Crippen MR) is 91.8 cm³/mol. The molecule has 0 aromatic carbocycles. The van der Waals surface area contributed by atoms with Crippen molar-refractivity contribution in [2.45, 2.75) is 60.3 Å². The number of allylic oxidation sites excluding steroid dienone is 6. The zero-order valence-corrected chi connectivity index (χ0v) is 14.1. The molecule has 3 aliphatic rings. The van der Waals surface area contributed by atoms with Crippen LogP contribution in [0.2, 0.25) is 0 Å². The average Bonchev–Trinajstić information content (AvgIpc) is 2.38. The second-order valence-electron chi connectivity index (χ2n) is 7.17. The predicted octanol–water partition coefficient (Wildman–Crippen LogP) is 6.47. The number of hydrogen-bond donors (Lipinski definition) is 0. The molecular formula is C20H32. The van der Waals surface area contributed by atoms with Gasteiger partial charge in [0.2, 0.25) is 0 Å². The topological polar surface area (TPSA) is 0 Å². The van der Waals surface area contributed by atoms with E-state index in [-0.39, 0.29) is 0 Å². The molecule has 3 aliphatic carbocycles. The van der Waals surface area contributed by atoms with Crippen molar-refractivity contribution in [2.24, 2.45) is 17.3 Å². The van der Waals surface area contributed by atoms with Crippen LogP contribution in [-0.4, -0.2) is 0 Å². The lowest BCUT2D eigenvalue weighted by Crippen LogP contribution is -2.47. The SMILES string of the molecule is C=CC(=C)CCC=C(C)C.CC1=CCC2CC1C2(C)C. The fourth-order valence-corrected chi connectivity index (χ4v) is 3.31. The van der Waals surface area contributed by atoms with Crippen molar-refractivity contribution in [3.8, 4) is 0 Å². The quantitative estimate of drug-likeness (QED) is 0.406. The molecule has 0 radical (unpaired) electrons. The number of rotatable bonds is 4. The fraction of sp³-hybridized carbons (Fsp3) is 0.600. The van der Waals surface area contributed by atoms with Gasteiger partial charge in [0.15, 0.2) is 0 Å². The Hall–Kier alpha value is -1.04. The molecule has 2 atom stereocenters. The Bertz CT molecular complexity index is 413. The number of hydrogen-bond acceptors (Lipinski definition) is 0. The Morgan fingerprint density at radius 3 is 2.40 bits per heavy atom. The van der Waals surface area contributed by atoms with Gasteiger partial charge in [-0.05, 0) is 63.7 Å². The average molecular weight is 272 g/mol. The van der Waals surface area contributed by atoms with Crippen LogP contribution in [-0.2, 0) is 0 Å². The van der Waals surface area contributed by atoms with E-state index in [1.807, 2.05) is 6.08 Å². The number of fused-ring (bicyclic) bond motifs is 1. The highest BCUT2D eigenvalue weighted by Gasteiger charge is 2.49. The first-order valence-corrected chi connectivity index (χ1v) is 7.89. The van der Waals surface area contributed by atoms with Crippen molar-refractivity contribution in [1.29, 1.82) is 0 Å². The van der Waals surface area contributed by atoms with Gasteiger partial charge in [-0.2, -0.15) is 0 Å². The molecule has 1 saturated carbocycles. The molecule has 0 aromatic rings. The van der Waals surface area contributed by atoms with Crippen LogP contribution < -0.4 is 0 Å². The van der Waals surface area contributed by atoms with Gasteiger partial charge >= 0.3 is 0 Å². The highest BCUT2D eigenvalue weighted by atomic mass is 14.5. The van der Waals surface area contributed by atoms with Crippen molar-refractivity contribution in [1.82, 2.24) is 0 Å². The van der Waals surface area contributed by atoms with E-state index in [0.717, 1.165) is 30.3 Å². The summed E-state index contributed by atoms with van der Waals surface area (Å²) in [5, 5.41) is 0. The minimum Gasteiger partial charge on any atom is -0.0988 e. The molecule has 1 fully saturated rings. The zero-order valence-electron chi connectivity index (χ0n) is 14.1. The van der Waals surface area contributed by atoms with Gasteiger partial charge < -0.3 is 0 Å². The van der Waals surface area contributed by atoms with E-state index >= 15 is 0 Å². The van der Waals surface area contributed by atoms with Gasteiger partial charge in [0.1, 0.15) is 0 Å². The molecule has 0 heteroatoms. The molecule has 112 valence electrons. The summed E-state index contributed by atoms with van der Waals surface area (Å²) >= 11 is 0. The first kappa shape index (κ1) is 17.0. The first-order chi connectivity index (χ1) is 9.28. The second-order valence-corrected chi connectivity index (χ2v) is 7.17. The van der Waals surface area contributed by atoms with Crippen LogP contribution in [0.3, 0.4) is 0 Å². The molecule has 0 spiro atoms. The van der Waals surface area contributed by atoms with Gasteiger partial charge in [0.05, 0.1) is 0 Å². The molecule has 0 nitrogen and oxygen atoms in total. The Labute approximate surface area is 126 Å². The lowest BCUT2D eigenvalue weighted by Gasteiger charge is -2.56. The van der Waals surface area contributed by atoms with Gasteiger partial charge in [-0.1, -0.05) is 62.0 Å². The molecule has 0 aromatic heterocycles. The molecule has 2 bridgehead atoms. The van der Waals surface area contributed by atoms with Crippen molar-refractivity contribution in [2.75, 3.05) is 0 Å². The summed E-state index contributed by atoms with van der Waals surface area (Å²) < 4.78 is 0. The fourth-order valence-electron chi connectivity index (χ4n) is 3.31. The largest absolute Gasteiger partial charge is 0.0988 e. The van der Waals surface area contributed by atoms with E-state index in [0.29, 0.717) is 5.41 Å². The van der Waals surface area contributed by atoms with Crippen molar-refractivity contribution >= 4 is 0 Å². The Morgan fingerprint density at radius 1 is 1.40 bits per heavy atom. The highest BCUT2D eigenvalue weighted by molar-refractivity contribution is 5.21. The van der Waals surface area contributed by atoms with Crippen LogP contribution in [0, 0.1) is 17.3 Å². The van der Waals surface area contributed by atoms with Crippen LogP contribution in [0.4, 0.5) is 0 Å². The summed E-state index contributed by atoms with van der Waals surface area (Å²) in [7, 11) is 0. The lowest BCUT2D eigenvalue weighted by atomic mass is 9.49. The molecule has 0 aliphatic heterocycles. The highest BCUT2D eigenvalue weighted by Crippen LogP contribution is 2.58. The second kappa shape index (κ2) is 7.11. The van der Waals surface area contributed by atoms with Crippen molar-refractivity contribution in [3.63, 3.8) is 0 Å². The van der Waals surface area contributed by atoms with E-state index in [1.165, 1.54) is 18.4 Å². The Kier molecular flexibility index (Phi) is 6.05. The maximum Gasteiger partial charge on any atom is -0.0149 e. The smallest absolute Gasteiger partial charge is 0.0149 e. The minimum atomic E-state index is 0.638. The van der Waals surface area contributed by atoms with Crippen molar-refractivity contribution in [3.05, 3.63) is 48.1 Å². The standard InChI is InChI=1S/2C10H16/c1-7-4-5-8-6-9(7)10(8,2)3;1-5-10(4)8-6-7-9(2)3/h4,8-9H,5-6H2,1-3H3;5,7H,1,4,6,8H2,2-3H3. The van der Waals surface area contributed by atoms with E-state index in [9.17, 15) is 0 Å². The van der Waals surface area contributed by atoms with Crippen LogP contribution >= 0.6 is 0 Å². The van der Waals surface area contributed by atoms with Crippen LogP contribution in [0.5, 0.6) is 0 Å². The summed E-state index contributed by atoms with van der Waals surface area (Å²) in [4.78, 5) is 0. The summed E-state index contributed by atoms with van der Waals surface area (Å²) in [6.07, 6.45) is 11.4. The molecule has 20 heavy (non-hydrogen) atoms. The maximum absolute atomic E-state index is 3.82. The summed E-state index contributed by atoms with van der Waals surface area (Å²) in [6.45, 7) is 18.8. The third-order valence-corrected chi connectivity index (χ3v) is 5.05. The van der Waals surface area contributed by atoms with Gasteiger partial charge in [0.25, 0.3) is 0 Å². The van der Waals surface area contributed by atoms with Gasteiger partial charge in [-0.3, -0.25) is 0 Å². The molecule has 0 N–H and O–H groups in total. The van der Waals surface area contributed by atoms with E-state index in [4.69, 9.17) is 0 Å². The third kappa shape index (κ3) is 4.23. The van der Waals surface area contributed by atoms with E-state index < -0.39 is 0 Å². The normalized spacial score (nSPS) is 25.4. The first-order valence-electron chi connectivity index (χ1n) is 7.89. The molecule has 0 saturated heterocycles. The molecule has 0 amide bonds. The van der Waals surface area contributed by atoms with E-state index in [1.54, 1.807) is 5.57 Å². The monoisotopic (exact) mass is 272 g/mol. The van der Waals surface area contributed by atoms with Crippen LogP contribution in [0.25, 0.3) is 0 Å². The minimum absolute atomic E-state index is 0.638. The van der Waals surface area contributed by atoms with Crippen LogP contribution in [0.15, 0.2) is 48.1 Å². The maximum atomic E-state index is 3.82. The molecule has 0 heterocycles. The van der Waals surface area contributed by atoms with Gasteiger partial charge in [-0.25, -0.2) is 0 Å². The Balaban J connectivity index is 0.000000200. The van der Waals surface area contributed by atoms with Gasteiger partial charge in [0, 0.05) is 0 Å². The van der Waals surface area contributed by atoms with Crippen molar-refractivity contribution < 1.29 is 0 Å². The summed E-state index contributed by atoms with van der Waals surface area (Å²) in [6, 6.07) is 0. The third-order valence-electron chi connectivity index (χ3n) is 5.05. The van der Waals surface area contributed by atoms with Crippen LogP contribution in [0.1, 0.15) is 60.3 Å². The Morgan fingerprint density at radius 2 is 2.05 bits per heavy atom. The zero-order chi connectivity index (χ0) is 15.3. The van der Waals surface area contributed by atoms with Gasteiger partial charge in [-0.15, -0.1) is 0 Å². The molecule has 3 rings (SSSR count). The molecule has 2 unspecified atom stereocenters. The summed E-state index contributed by atoms with van der Waals surface area (Å²) in [5.41, 5.74) is 4.78. The summed E-state index contributed by atoms with van der Waals surface area (Å²) in [5.74, 6) is 1.92. The van der Waals surface area contributed by atoms with E-state index in [2.05, 4.69) is 59.9 Å².